The van der Waals surface area contributed by atoms with E-state index in [1.807, 2.05) is 19.0 Å². The summed E-state index contributed by atoms with van der Waals surface area (Å²) in [7, 11) is 3.86. The molecule has 4 nitrogen and oxygen atoms in total. The van der Waals surface area contributed by atoms with Crippen molar-refractivity contribution in [3.05, 3.63) is 25.5 Å². The highest BCUT2D eigenvalue weighted by Crippen LogP contribution is 2.34. The normalized spacial score (nSPS) is 10.0. The summed E-state index contributed by atoms with van der Waals surface area (Å²) in [6, 6.07) is 1.79. The molecule has 0 unspecified atom stereocenters. The molecule has 0 aliphatic heterocycles. The summed E-state index contributed by atoms with van der Waals surface area (Å²) in [5.41, 5.74) is 0. The largest absolute Gasteiger partial charge is 0.338 e. The third kappa shape index (κ3) is 3.53. The molecule has 14 heavy (non-hydrogen) atoms. The number of rotatable bonds is 3. The zero-order valence-corrected chi connectivity index (χ0v) is 10.9. The van der Waals surface area contributed by atoms with Crippen molar-refractivity contribution in [1.29, 1.82) is 0 Å². The minimum atomic E-state index is -0.367. The molecule has 0 saturated carbocycles. The van der Waals surface area contributed by atoms with Gasteiger partial charge in [0.1, 0.15) is 4.47 Å². The van der Waals surface area contributed by atoms with E-state index in [0.717, 1.165) is 11.4 Å². The fourth-order valence-corrected chi connectivity index (χ4v) is 2.71. The van der Waals surface area contributed by atoms with Crippen LogP contribution in [0.25, 0.3) is 0 Å². The second kappa shape index (κ2) is 5.65. The van der Waals surface area contributed by atoms with Crippen molar-refractivity contribution >= 4 is 44.7 Å². The minimum absolute atomic E-state index is 0. The lowest BCUT2D eigenvalue weighted by Gasteiger charge is -2.05. The highest BCUT2D eigenvalue weighted by molar-refractivity contribution is 9.10. The Morgan fingerprint density at radius 1 is 1.64 bits per heavy atom. The van der Waals surface area contributed by atoms with Crippen LogP contribution in [0.15, 0.2) is 10.5 Å². The first kappa shape index (κ1) is 13.8. The zero-order chi connectivity index (χ0) is 10.0. The molecule has 0 saturated heterocycles. The van der Waals surface area contributed by atoms with Crippen LogP contribution in [0.2, 0.25) is 0 Å². The van der Waals surface area contributed by atoms with Crippen LogP contribution in [0.5, 0.6) is 0 Å². The Kier molecular flexibility index (Phi) is 5.58. The van der Waals surface area contributed by atoms with E-state index < -0.39 is 0 Å². The van der Waals surface area contributed by atoms with E-state index in [9.17, 15) is 10.1 Å². The maximum Gasteiger partial charge on any atom is 0.338 e. The third-order valence-corrected chi connectivity index (χ3v) is 3.30. The topological polar surface area (TPSA) is 46.4 Å². The van der Waals surface area contributed by atoms with Gasteiger partial charge in [-0.2, -0.15) is 0 Å². The zero-order valence-electron chi connectivity index (χ0n) is 7.69. The molecular formula is C7H10BrClN2O2S. The summed E-state index contributed by atoms with van der Waals surface area (Å²) in [5, 5.41) is 10.7. The van der Waals surface area contributed by atoms with Crippen LogP contribution in [0.4, 0.5) is 5.00 Å². The van der Waals surface area contributed by atoms with Gasteiger partial charge in [-0.15, -0.1) is 12.4 Å². The quantitative estimate of drug-likeness (QED) is 0.637. The molecule has 0 bridgehead atoms. The van der Waals surface area contributed by atoms with Gasteiger partial charge in [0.05, 0.1) is 4.92 Å². The Morgan fingerprint density at radius 2 is 2.21 bits per heavy atom. The van der Waals surface area contributed by atoms with Crippen molar-refractivity contribution in [2.75, 3.05) is 14.1 Å². The van der Waals surface area contributed by atoms with Gasteiger partial charge in [-0.3, -0.25) is 10.1 Å². The third-order valence-electron chi connectivity index (χ3n) is 1.36. The van der Waals surface area contributed by atoms with E-state index in [1.54, 1.807) is 6.07 Å². The molecule has 0 N–H and O–H groups in total. The first-order chi connectivity index (χ1) is 6.00. The Bertz CT molecular complexity index is 329. The average molecular weight is 302 g/mol. The number of nitrogens with zero attached hydrogens (tertiary/aromatic N) is 2. The van der Waals surface area contributed by atoms with Gasteiger partial charge in [-0.1, -0.05) is 11.3 Å². The smallest absolute Gasteiger partial charge is 0.304 e. The second-order valence-electron chi connectivity index (χ2n) is 2.86. The lowest BCUT2D eigenvalue weighted by Crippen LogP contribution is -2.09. The van der Waals surface area contributed by atoms with Crippen molar-refractivity contribution < 1.29 is 4.92 Å². The van der Waals surface area contributed by atoms with E-state index in [4.69, 9.17) is 0 Å². The standard InChI is InChI=1S/C7H9BrN2O2S.ClH/c1-9(2)4-5-3-6(8)7(13-5)10(11)12;/h3H,4H2,1-2H3;1H. The summed E-state index contributed by atoms with van der Waals surface area (Å²) in [5.74, 6) is 0. The van der Waals surface area contributed by atoms with Crippen LogP contribution in [0, 0.1) is 10.1 Å². The number of hydrogen-bond acceptors (Lipinski definition) is 4. The fraction of sp³-hybridized carbons (Fsp3) is 0.429. The predicted octanol–water partition coefficient (Wildman–Crippen LogP) is 2.90. The predicted molar refractivity (Wildman–Crippen MR) is 63.3 cm³/mol. The van der Waals surface area contributed by atoms with Crippen LogP contribution >= 0.6 is 39.7 Å². The van der Waals surface area contributed by atoms with Crippen LogP contribution in [0.3, 0.4) is 0 Å². The van der Waals surface area contributed by atoms with E-state index in [-0.39, 0.29) is 22.3 Å². The molecule has 1 aromatic heterocycles. The highest BCUT2D eigenvalue weighted by atomic mass is 79.9. The summed E-state index contributed by atoms with van der Waals surface area (Å²) in [4.78, 5) is 13.1. The average Bonchev–Trinajstić information content (AvgIpc) is 2.29. The Morgan fingerprint density at radius 3 is 2.57 bits per heavy atom. The van der Waals surface area contributed by atoms with Gasteiger partial charge >= 0.3 is 5.00 Å². The van der Waals surface area contributed by atoms with Crippen LogP contribution in [0.1, 0.15) is 4.88 Å². The van der Waals surface area contributed by atoms with E-state index in [2.05, 4.69) is 15.9 Å². The molecule has 1 aromatic rings. The molecule has 0 spiro atoms. The molecule has 0 atom stereocenters. The van der Waals surface area contributed by atoms with Crippen LogP contribution in [-0.4, -0.2) is 23.9 Å². The van der Waals surface area contributed by atoms with Gasteiger partial charge in [0.15, 0.2) is 0 Å². The van der Waals surface area contributed by atoms with Crippen molar-refractivity contribution in [3.8, 4) is 0 Å². The molecule has 1 rings (SSSR count). The van der Waals surface area contributed by atoms with Gasteiger partial charge in [0, 0.05) is 11.4 Å². The van der Waals surface area contributed by atoms with Crippen molar-refractivity contribution in [2.24, 2.45) is 0 Å². The van der Waals surface area contributed by atoms with Gasteiger partial charge in [0.25, 0.3) is 0 Å². The van der Waals surface area contributed by atoms with Crippen LogP contribution in [-0.2, 0) is 6.54 Å². The summed E-state index contributed by atoms with van der Waals surface area (Å²) in [6.07, 6.45) is 0. The first-order valence-electron chi connectivity index (χ1n) is 3.58. The first-order valence-corrected chi connectivity index (χ1v) is 5.19. The minimum Gasteiger partial charge on any atom is -0.304 e. The van der Waals surface area contributed by atoms with Gasteiger partial charge in [-0.25, -0.2) is 0 Å². The molecule has 0 fully saturated rings. The maximum atomic E-state index is 10.5. The fourth-order valence-electron chi connectivity index (χ4n) is 0.920. The molecular weight excluding hydrogens is 292 g/mol. The molecule has 0 aliphatic rings. The molecule has 80 valence electrons. The van der Waals surface area contributed by atoms with Gasteiger partial charge in [0.2, 0.25) is 0 Å². The monoisotopic (exact) mass is 300 g/mol. The van der Waals surface area contributed by atoms with E-state index >= 15 is 0 Å². The molecule has 7 heteroatoms. The molecule has 0 aliphatic carbocycles. The number of halogens is 2. The SMILES string of the molecule is CN(C)Cc1cc(Br)c([N+](=O)[O-])s1.Cl. The maximum absolute atomic E-state index is 10.5. The number of hydrogen-bond donors (Lipinski definition) is 0. The summed E-state index contributed by atoms with van der Waals surface area (Å²) >= 11 is 4.37. The van der Waals surface area contributed by atoms with E-state index in [0.29, 0.717) is 4.47 Å². The second-order valence-corrected chi connectivity index (χ2v) is 4.83. The number of nitro groups is 1. The highest BCUT2D eigenvalue weighted by Gasteiger charge is 2.16. The van der Waals surface area contributed by atoms with Crippen molar-refractivity contribution in [1.82, 2.24) is 4.90 Å². The van der Waals surface area contributed by atoms with Crippen LogP contribution < -0.4 is 0 Å². The molecule has 1 heterocycles. The Labute approximate surface area is 101 Å². The Hall–Kier alpha value is -0.170. The molecule has 0 amide bonds. The molecule has 0 aromatic carbocycles. The number of thiophene rings is 1. The van der Waals surface area contributed by atoms with Crippen molar-refractivity contribution in [3.63, 3.8) is 0 Å². The summed E-state index contributed by atoms with van der Waals surface area (Å²) in [6.45, 7) is 0.733. The van der Waals surface area contributed by atoms with E-state index in [1.165, 1.54) is 11.3 Å². The molecule has 0 radical (unpaired) electrons. The Balaban J connectivity index is 0.00000169. The summed E-state index contributed by atoms with van der Waals surface area (Å²) < 4.78 is 0.569. The van der Waals surface area contributed by atoms with Gasteiger partial charge < -0.3 is 4.90 Å². The van der Waals surface area contributed by atoms with Crippen molar-refractivity contribution in [2.45, 2.75) is 6.54 Å². The lowest BCUT2D eigenvalue weighted by atomic mass is 10.4. The van der Waals surface area contributed by atoms with Gasteiger partial charge in [-0.05, 0) is 36.1 Å². The lowest BCUT2D eigenvalue weighted by molar-refractivity contribution is -0.380.